The fourth-order valence-electron chi connectivity index (χ4n) is 1.66. The molecule has 0 spiro atoms. The van der Waals surface area contributed by atoms with Crippen molar-refractivity contribution < 1.29 is 14.6 Å². The van der Waals surface area contributed by atoms with Gasteiger partial charge >= 0.3 is 0 Å². The summed E-state index contributed by atoms with van der Waals surface area (Å²) in [6.07, 6.45) is 9.57. The standard InChI is InChI=1S/C13H20O3/c14-7-3-1-2-4-8-16-11-13-6-5-12(9-13)10-15/h5-6,10,14H,1-4,7-9,11H2. The Labute approximate surface area is 96.8 Å². The van der Waals surface area contributed by atoms with Gasteiger partial charge < -0.3 is 9.84 Å². The summed E-state index contributed by atoms with van der Waals surface area (Å²) in [5, 5.41) is 8.59. The Bertz CT molecular complexity index is 266. The summed E-state index contributed by atoms with van der Waals surface area (Å²) >= 11 is 0. The second-order valence-corrected chi connectivity index (χ2v) is 4.05. The maximum absolute atomic E-state index is 10.5. The molecule has 3 nitrogen and oxygen atoms in total. The van der Waals surface area contributed by atoms with Gasteiger partial charge in [-0.2, -0.15) is 0 Å². The highest BCUT2D eigenvalue weighted by Gasteiger charge is 2.06. The maximum atomic E-state index is 10.5. The molecule has 0 heterocycles. The summed E-state index contributed by atoms with van der Waals surface area (Å²) in [6.45, 7) is 1.68. The lowest BCUT2D eigenvalue weighted by molar-refractivity contribution is -0.104. The van der Waals surface area contributed by atoms with Crippen LogP contribution in [0.2, 0.25) is 0 Å². The molecule has 0 aromatic rings. The van der Waals surface area contributed by atoms with E-state index in [0.29, 0.717) is 6.61 Å². The van der Waals surface area contributed by atoms with Crippen molar-refractivity contribution in [3.8, 4) is 0 Å². The van der Waals surface area contributed by atoms with Crippen LogP contribution in [0, 0.1) is 0 Å². The molecule has 0 aromatic heterocycles. The van der Waals surface area contributed by atoms with Gasteiger partial charge in [-0.1, -0.05) is 25.0 Å². The van der Waals surface area contributed by atoms with Gasteiger partial charge in [0.1, 0.15) is 6.29 Å². The van der Waals surface area contributed by atoms with Crippen LogP contribution in [-0.4, -0.2) is 31.2 Å². The minimum Gasteiger partial charge on any atom is -0.396 e. The molecule has 0 saturated heterocycles. The zero-order valence-corrected chi connectivity index (χ0v) is 9.65. The van der Waals surface area contributed by atoms with E-state index in [-0.39, 0.29) is 6.61 Å². The Morgan fingerprint density at radius 2 is 2.06 bits per heavy atom. The van der Waals surface area contributed by atoms with Gasteiger partial charge in [0, 0.05) is 13.2 Å². The van der Waals surface area contributed by atoms with Gasteiger partial charge in [0.2, 0.25) is 0 Å². The van der Waals surface area contributed by atoms with Crippen molar-refractivity contribution in [3.05, 3.63) is 23.3 Å². The summed E-state index contributed by atoms with van der Waals surface area (Å²) in [5.41, 5.74) is 2.01. The van der Waals surface area contributed by atoms with E-state index >= 15 is 0 Å². The van der Waals surface area contributed by atoms with Crippen LogP contribution in [0.3, 0.4) is 0 Å². The predicted molar refractivity (Wildman–Crippen MR) is 63.2 cm³/mol. The van der Waals surface area contributed by atoms with Crippen LogP contribution in [0.5, 0.6) is 0 Å². The highest BCUT2D eigenvalue weighted by atomic mass is 16.5. The van der Waals surface area contributed by atoms with E-state index in [9.17, 15) is 4.79 Å². The number of allylic oxidation sites excluding steroid dienone is 3. The first-order chi connectivity index (χ1) is 7.86. The third-order valence-corrected chi connectivity index (χ3v) is 2.60. The van der Waals surface area contributed by atoms with E-state index in [4.69, 9.17) is 9.84 Å². The number of ether oxygens (including phenoxy) is 1. The largest absolute Gasteiger partial charge is 0.396 e. The summed E-state index contributed by atoms with van der Waals surface area (Å²) in [4.78, 5) is 10.5. The van der Waals surface area contributed by atoms with Gasteiger partial charge in [0.05, 0.1) is 6.61 Å². The predicted octanol–water partition coefficient (Wildman–Crippen LogP) is 2.01. The zero-order chi connectivity index (χ0) is 11.6. The maximum Gasteiger partial charge on any atom is 0.146 e. The topological polar surface area (TPSA) is 46.5 Å². The molecular formula is C13H20O3. The minimum atomic E-state index is 0.286. The van der Waals surface area contributed by atoms with Crippen molar-refractivity contribution >= 4 is 6.29 Å². The van der Waals surface area contributed by atoms with E-state index in [1.54, 1.807) is 0 Å². The second kappa shape index (κ2) is 8.25. The molecule has 0 bridgehead atoms. The molecular weight excluding hydrogens is 204 g/mol. The van der Waals surface area contributed by atoms with Gasteiger partial charge in [-0.15, -0.1) is 0 Å². The number of unbranched alkanes of at least 4 members (excludes halogenated alkanes) is 3. The van der Waals surface area contributed by atoms with Crippen LogP contribution in [0.4, 0.5) is 0 Å². The summed E-state index contributed by atoms with van der Waals surface area (Å²) < 4.78 is 5.51. The SMILES string of the molecule is O=CC1=CC=C(COCCCCCCO)C1. The Morgan fingerprint density at radius 1 is 1.25 bits per heavy atom. The minimum absolute atomic E-state index is 0.286. The van der Waals surface area contributed by atoms with Crippen LogP contribution in [0.25, 0.3) is 0 Å². The summed E-state index contributed by atoms with van der Waals surface area (Å²) in [7, 11) is 0. The fourth-order valence-corrected chi connectivity index (χ4v) is 1.66. The van der Waals surface area contributed by atoms with E-state index in [1.165, 1.54) is 5.57 Å². The lowest BCUT2D eigenvalue weighted by Crippen LogP contribution is -2.00. The smallest absolute Gasteiger partial charge is 0.146 e. The summed E-state index contributed by atoms with van der Waals surface area (Å²) in [6, 6.07) is 0. The average Bonchev–Trinajstić information content (AvgIpc) is 2.76. The number of aldehydes is 1. The van der Waals surface area contributed by atoms with Crippen molar-refractivity contribution in [3.63, 3.8) is 0 Å². The zero-order valence-electron chi connectivity index (χ0n) is 9.65. The van der Waals surface area contributed by atoms with Crippen LogP contribution in [0.1, 0.15) is 32.1 Å². The third kappa shape index (κ3) is 5.24. The first kappa shape index (κ1) is 13.1. The highest BCUT2D eigenvalue weighted by molar-refractivity contribution is 5.76. The highest BCUT2D eigenvalue weighted by Crippen LogP contribution is 2.17. The van der Waals surface area contributed by atoms with Gasteiger partial charge in [0.15, 0.2) is 0 Å². The molecule has 0 amide bonds. The molecule has 3 heteroatoms. The Hall–Kier alpha value is -0.930. The average molecular weight is 224 g/mol. The van der Waals surface area contributed by atoms with Crippen molar-refractivity contribution in [1.29, 1.82) is 0 Å². The first-order valence-corrected chi connectivity index (χ1v) is 5.89. The van der Waals surface area contributed by atoms with Crippen LogP contribution >= 0.6 is 0 Å². The molecule has 0 atom stereocenters. The summed E-state index contributed by atoms with van der Waals surface area (Å²) in [5.74, 6) is 0. The number of aliphatic hydroxyl groups excluding tert-OH is 1. The van der Waals surface area contributed by atoms with Crippen molar-refractivity contribution in [1.82, 2.24) is 0 Å². The molecule has 1 aliphatic carbocycles. The molecule has 1 aliphatic rings. The fraction of sp³-hybridized carbons (Fsp3) is 0.615. The molecule has 0 aliphatic heterocycles. The van der Waals surface area contributed by atoms with Gasteiger partial charge in [0.25, 0.3) is 0 Å². The normalized spacial score (nSPS) is 14.8. The third-order valence-electron chi connectivity index (χ3n) is 2.60. The van der Waals surface area contributed by atoms with E-state index in [1.807, 2.05) is 12.2 Å². The molecule has 16 heavy (non-hydrogen) atoms. The number of hydrogen-bond acceptors (Lipinski definition) is 3. The lowest BCUT2D eigenvalue weighted by atomic mass is 10.2. The van der Waals surface area contributed by atoms with E-state index < -0.39 is 0 Å². The van der Waals surface area contributed by atoms with E-state index in [0.717, 1.165) is 50.6 Å². The number of carbonyl (C=O) groups is 1. The van der Waals surface area contributed by atoms with Crippen molar-refractivity contribution in [2.45, 2.75) is 32.1 Å². The molecule has 0 fully saturated rings. The van der Waals surface area contributed by atoms with Crippen molar-refractivity contribution in [2.75, 3.05) is 19.8 Å². The van der Waals surface area contributed by atoms with Crippen LogP contribution in [0.15, 0.2) is 23.3 Å². The Kier molecular flexibility index (Phi) is 6.77. The number of carbonyl (C=O) groups excluding carboxylic acids is 1. The number of aliphatic hydroxyl groups is 1. The Morgan fingerprint density at radius 3 is 2.75 bits per heavy atom. The Balaban J connectivity index is 1.91. The van der Waals surface area contributed by atoms with Crippen LogP contribution in [-0.2, 0) is 9.53 Å². The van der Waals surface area contributed by atoms with Crippen LogP contribution < -0.4 is 0 Å². The monoisotopic (exact) mass is 224 g/mol. The van der Waals surface area contributed by atoms with E-state index in [2.05, 4.69) is 0 Å². The first-order valence-electron chi connectivity index (χ1n) is 5.89. The van der Waals surface area contributed by atoms with Crippen molar-refractivity contribution in [2.24, 2.45) is 0 Å². The quantitative estimate of drug-likeness (QED) is 0.481. The second-order valence-electron chi connectivity index (χ2n) is 4.05. The lowest BCUT2D eigenvalue weighted by Gasteiger charge is -2.05. The van der Waals surface area contributed by atoms with Gasteiger partial charge in [-0.3, -0.25) is 4.79 Å². The molecule has 90 valence electrons. The molecule has 0 unspecified atom stereocenters. The molecule has 1 N–H and O–H groups in total. The van der Waals surface area contributed by atoms with Gasteiger partial charge in [-0.25, -0.2) is 0 Å². The number of hydrogen-bond donors (Lipinski definition) is 1. The number of rotatable bonds is 9. The molecule has 1 rings (SSSR count). The van der Waals surface area contributed by atoms with Gasteiger partial charge in [-0.05, 0) is 30.4 Å². The molecule has 0 aromatic carbocycles. The molecule has 0 saturated carbocycles. The molecule has 0 radical (unpaired) electrons.